The molecule has 0 spiro atoms. The number of anilines is 1. The van der Waals surface area contributed by atoms with Crippen molar-refractivity contribution in [2.24, 2.45) is 0 Å². The van der Waals surface area contributed by atoms with E-state index in [1.807, 2.05) is 37.3 Å². The molecular formula is C17H18ClN3. The molecule has 0 aliphatic heterocycles. The van der Waals surface area contributed by atoms with E-state index in [-0.39, 0.29) is 0 Å². The molecule has 3 nitrogen and oxygen atoms in total. The maximum atomic E-state index is 6.45. The first-order valence-electron chi connectivity index (χ1n) is 7.13. The molecule has 108 valence electrons. The van der Waals surface area contributed by atoms with Gasteiger partial charge in [0, 0.05) is 12.1 Å². The maximum absolute atomic E-state index is 6.45. The van der Waals surface area contributed by atoms with Crippen LogP contribution in [0.15, 0.2) is 36.4 Å². The molecule has 0 amide bonds. The molecule has 0 unspecified atom stereocenters. The summed E-state index contributed by atoms with van der Waals surface area (Å²) in [4.78, 5) is 4.73. The Labute approximate surface area is 129 Å². The molecule has 3 aromatic rings. The van der Waals surface area contributed by atoms with E-state index in [0.717, 1.165) is 51.7 Å². The summed E-state index contributed by atoms with van der Waals surface area (Å²) in [5.41, 5.74) is 10.7. The fourth-order valence-corrected chi connectivity index (χ4v) is 2.92. The topological polar surface area (TPSA) is 43.8 Å². The van der Waals surface area contributed by atoms with Crippen LogP contribution < -0.4 is 5.73 Å². The first-order chi connectivity index (χ1) is 10.1. The van der Waals surface area contributed by atoms with Gasteiger partial charge in [0.25, 0.3) is 0 Å². The highest BCUT2D eigenvalue weighted by Gasteiger charge is 2.14. The minimum Gasteiger partial charge on any atom is -0.399 e. The van der Waals surface area contributed by atoms with Crippen molar-refractivity contribution in [3.05, 3.63) is 52.8 Å². The average molecular weight is 300 g/mol. The zero-order valence-electron chi connectivity index (χ0n) is 12.2. The summed E-state index contributed by atoms with van der Waals surface area (Å²) in [6, 6.07) is 11.9. The number of benzene rings is 2. The van der Waals surface area contributed by atoms with E-state index in [0.29, 0.717) is 0 Å². The Kier molecular flexibility index (Phi) is 3.60. The monoisotopic (exact) mass is 299 g/mol. The normalized spacial score (nSPS) is 11.2. The van der Waals surface area contributed by atoms with E-state index >= 15 is 0 Å². The van der Waals surface area contributed by atoms with Gasteiger partial charge in [0.05, 0.1) is 21.7 Å². The van der Waals surface area contributed by atoms with Gasteiger partial charge in [-0.2, -0.15) is 0 Å². The quantitative estimate of drug-likeness (QED) is 0.723. The average Bonchev–Trinajstić information content (AvgIpc) is 2.76. The number of aromatic nitrogens is 2. The summed E-state index contributed by atoms with van der Waals surface area (Å²) >= 11 is 6.45. The van der Waals surface area contributed by atoms with Crippen LogP contribution in [0.5, 0.6) is 0 Å². The van der Waals surface area contributed by atoms with Crippen molar-refractivity contribution in [1.82, 2.24) is 9.55 Å². The molecule has 21 heavy (non-hydrogen) atoms. The molecule has 0 fully saturated rings. The first-order valence-corrected chi connectivity index (χ1v) is 7.51. The minimum atomic E-state index is 0.727. The molecule has 0 atom stereocenters. The van der Waals surface area contributed by atoms with Gasteiger partial charge in [-0.15, -0.1) is 0 Å². The standard InChI is InChI=1S/C17H18ClN3/c1-3-4-17-20-14-10-12(19)6-8-16(14)21(17)15-7-5-11(2)9-13(15)18/h5-10H,3-4,19H2,1-2H3. The molecule has 1 aromatic heterocycles. The largest absolute Gasteiger partial charge is 0.399 e. The summed E-state index contributed by atoms with van der Waals surface area (Å²) in [6.07, 6.45) is 1.93. The van der Waals surface area contributed by atoms with Gasteiger partial charge < -0.3 is 5.73 Å². The highest BCUT2D eigenvalue weighted by molar-refractivity contribution is 6.32. The molecule has 0 bridgehead atoms. The third kappa shape index (κ3) is 2.49. The van der Waals surface area contributed by atoms with Crippen molar-refractivity contribution < 1.29 is 0 Å². The second-order valence-corrected chi connectivity index (χ2v) is 5.72. The zero-order chi connectivity index (χ0) is 15.0. The van der Waals surface area contributed by atoms with Crippen LogP contribution in [0, 0.1) is 6.92 Å². The van der Waals surface area contributed by atoms with E-state index in [2.05, 4.69) is 17.6 Å². The SMILES string of the molecule is CCCc1nc2cc(N)ccc2n1-c1ccc(C)cc1Cl. The lowest BCUT2D eigenvalue weighted by molar-refractivity contribution is 0.818. The van der Waals surface area contributed by atoms with Crippen LogP contribution in [0.2, 0.25) is 5.02 Å². The molecule has 0 aliphatic rings. The van der Waals surface area contributed by atoms with E-state index in [9.17, 15) is 0 Å². The van der Waals surface area contributed by atoms with Gasteiger partial charge in [-0.1, -0.05) is 24.6 Å². The highest BCUT2D eigenvalue weighted by Crippen LogP contribution is 2.29. The molecular weight excluding hydrogens is 282 g/mol. The van der Waals surface area contributed by atoms with Crippen LogP contribution in [0.4, 0.5) is 5.69 Å². The molecule has 2 N–H and O–H groups in total. The van der Waals surface area contributed by atoms with Crippen molar-refractivity contribution in [1.29, 1.82) is 0 Å². The number of nitrogens with zero attached hydrogens (tertiary/aromatic N) is 2. The second-order valence-electron chi connectivity index (χ2n) is 5.32. The lowest BCUT2D eigenvalue weighted by atomic mass is 10.2. The highest BCUT2D eigenvalue weighted by atomic mass is 35.5. The molecule has 0 saturated heterocycles. The number of rotatable bonds is 3. The smallest absolute Gasteiger partial charge is 0.114 e. The predicted molar refractivity (Wildman–Crippen MR) is 89.2 cm³/mol. The molecule has 1 heterocycles. The fraction of sp³-hybridized carbons (Fsp3) is 0.235. The van der Waals surface area contributed by atoms with E-state index in [1.165, 1.54) is 0 Å². The van der Waals surface area contributed by atoms with Crippen molar-refractivity contribution in [3.63, 3.8) is 0 Å². The van der Waals surface area contributed by atoms with E-state index in [4.69, 9.17) is 22.3 Å². The molecule has 2 aromatic carbocycles. The van der Waals surface area contributed by atoms with Crippen LogP contribution in [-0.2, 0) is 6.42 Å². The molecule has 4 heteroatoms. The Morgan fingerprint density at radius 3 is 2.71 bits per heavy atom. The molecule has 0 aliphatic carbocycles. The van der Waals surface area contributed by atoms with Gasteiger partial charge in [-0.25, -0.2) is 4.98 Å². The number of imidazole rings is 1. The lowest BCUT2D eigenvalue weighted by Gasteiger charge is -2.11. The number of hydrogen-bond donors (Lipinski definition) is 1. The van der Waals surface area contributed by atoms with Gasteiger partial charge in [0.2, 0.25) is 0 Å². The summed E-state index contributed by atoms with van der Waals surface area (Å²) in [6.45, 7) is 4.18. The third-order valence-corrected chi connectivity index (χ3v) is 3.87. The number of nitrogens with two attached hydrogens (primary N) is 1. The maximum Gasteiger partial charge on any atom is 0.114 e. The van der Waals surface area contributed by atoms with Crippen LogP contribution in [0.3, 0.4) is 0 Å². The van der Waals surface area contributed by atoms with E-state index in [1.54, 1.807) is 0 Å². The van der Waals surface area contributed by atoms with Crippen LogP contribution in [0.1, 0.15) is 24.7 Å². The molecule has 0 radical (unpaired) electrons. The van der Waals surface area contributed by atoms with Crippen molar-refractivity contribution >= 4 is 28.3 Å². The Morgan fingerprint density at radius 2 is 2.00 bits per heavy atom. The van der Waals surface area contributed by atoms with Crippen molar-refractivity contribution in [2.75, 3.05) is 5.73 Å². The number of aryl methyl sites for hydroxylation is 2. The van der Waals surface area contributed by atoms with Gasteiger partial charge in [-0.3, -0.25) is 4.57 Å². The molecule has 0 saturated carbocycles. The Bertz CT molecular complexity index is 805. The lowest BCUT2D eigenvalue weighted by Crippen LogP contribution is -2.02. The van der Waals surface area contributed by atoms with Crippen LogP contribution >= 0.6 is 11.6 Å². The predicted octanol–water partition coefficient (Wildman–Crippen LogP) is 4.52. The minimum absolute atomic E-state index is 0.727. The summed E-state index contributed by atoms with van der Waals surface area (Å²) in [5.74, 6) is 1.02. The van der Waals surface area contributed by atoms with Crippen molar-refractivity contribution in [2.45, 2.75) is 26.7 Å². The first kappa shape index (κ1) is 14.0. The summed E-state index contributed by atoms with van der Waals surface area (Å²) in [5, 5.41) is 0.739. The van der Waals surface area contributed by atoms with Gasteiger partial charge in [-0.05, 0) is 49.2 Å². The number of halogens is 1. The Morgan fingerprint density at radius 1 is 1.19 bits per heavy atom. The molecule has 3 rings (SSSR count). The number of nitrogen functional groups attached to an aromatic ring is 1. The number of fused-ring (bicyclic) bond motifs is 1. The zero-order valence-corrected chi connectivity index (χ0v) is 13.0. The number of hydrogen-bond acceptors (Lipinski definition) is 2. The Balaban J connectivity index is 2.30. The van der Waals surface area contributed by atoms with Crippen LogP contribution in [0.25, 0.3) is 16.7 Å². The van der Waals surface area contributed by atoms with E-state index < -0.39 is 0 Å². The summed E-state index contributed by atoms with van der Waals surface area (Å²) < 4.78 is 2.14. The van der Waals surface area contributed by atoms with Gasteiger partial charge in [0.15, 0.2) is 0 Å². The Hall–Kier alpha value is -2.00. The summed E-state index contributed by atoms with van der Waals surface area (Å²) in [7, 11) is 0. The third-order valence-electron chi connectivity index (χ3n) is 3.57. The van der Waals surface area contributed by atoms with Gasteiger partial charge in [0.1, 0.15) is 5.82 Å². The van der Waals surface area contributed by atoms with Gasteiger partial charge >= 0.3 is 0 Å². The van der Waals surface area contributed by atoms with Crippen LogP contribution in [-0.4, -0.2) is 9.55 Å². The second kappa shape index (κ2) is 5.41. The van der Waals surface area contributed by atoms with Crippen molar-refractivity contribution in [3.8, 4) is 5.69 Å². The fourth-order valence-electron chi connectivity index (χ4n) is 2.60.